The number of halogens is 1. The van der Waals surface area contributed by atoms with E-state index in [-0.39, 0.29) is 5.97 Å². The fraction of sp³-hybridized carbons (Fsp3) is 0.857. The topological polar surface area (TPSA) is 26.3 Å². The van der Waals surface area contributed by atoms with Crippen LogP contribution in [0.1, 0.15) is 25.7 Å². The third-order valence-corrected chi connectivity index (χ3v) is 2.48. The number of rotatable bonds is 1. The lowest BCUT2D eigenvalue weighted by molar-refractivity contribution is -0.143. The van der Waals surface area contributed by atoms with Crippen LogP contribution in [-0.4, -0.2) is 18.0 Å². The number of methoxy groups -OCH3 is 1. The number of hydrogen-bond acceptors (Lipinski definition) is 2. The van der Waals surface area contributed by atoms with Crippen LogP contribution in [0.15, 0.2) is 0 Å². The normalized spacial score (nSPS) is 22.6. The van der Waals surface area contributed by atoms with E-state index in [1.54, 1.807) is 0 Å². The highest BCUT2D eigenvalue weighted by molar-refractivity contribution is 6.34. The summed E-state index contributed by atoms with van der Waals surface area (Å²) in [6.07, 6.45) is 3.61. The molecule has 0 N–H and O–H groups in total. The quantitative estimate of drug-likeness (QED) is 0.434. The van der Waals surface area contributed by atoms with Gasteiger partial charge in [0, 0.05) is 0 Å². The molecule has 0 saturated heterocycles. The first kappa shape index (κ1) is 7.86. The zero-order valence-corrected chi connectivity index (χ0v) is 6.78. The molecule has 0 aromatic rings. The van der Waals surface area contributed by atoms with Gasteiger partial charge in [-0.05, 0) is 12.8 Å². The van der Waals surface area contributed by atoms with E-state index < -0.39 is 4.87 Å². The second kappa shape index (κ2) is 2.79. The highest BCUT2D eigenvalue weighted by Crippen LogP contribution is 2.36. The Bertz CT molecular complexity index is 139. The van der Waals surface area contributed by atoms with Gasteiger partial charge in [0.2, 0.25) is 0 Å². The lowest BCUT2D eigenvalue weighted by atomic mass is 10.1. The molecule has 58 valence electrons. The largest absolute Gasteiger partial charge is 0.468 e. The van der Waals surface area contributed by atoms with Crippen LogP contribution in [0.3, 0.4) is 0 Å². The van der Waals surface area contributed by atoms with Crippen molar-refractivity contribution in [3.05, 3.63) is 0 Å². The summed E-state index contributed by atoms with van der Waals surface area (Å²) in [6.45, 7) is 0. The van der Waals surface area contributed by atoms with Gasteiger partial charge in [-0.15, -0.1) is 11.6 Å². The van der Waals surface area contributed by atoms with Crippen molar-refractivity contribution < 1.29 is 9.53 Å². The Balaban J connectivity index is 2.58. The number of ether oxygens (including phenoxy) is 1. The minimum atomic E-state index is -0.686. The Kier molecular flexibility index (Phi) is 2.19. The smallest absolute Gasteiger partial charge is 0.326 e. The van der Waals surface area contributed by atoms with Gasteiger partial charge >= 0.3 is 5.97 Å². The maximum absolute atomic E-state index is 11.0. The molecule has 0 aliphatic heterocycles. The zero-order chi connectivity index (χ0) is 7.61. The second-order valence-electron chi connectivity index (χ2n) is 2.66. The summed E-state index contributed by atoms with van der Waals surface area (Å²) in [5, 5.41) is 0. The van der Waals surface area contributed by atoms with E-state index in [2.05, 4.69) is 4.74 Å². The van der Waals surface area contributed by atoms with Crippen LogP contribution in [0.5, 0.6) is 0 Å². The molecule has 2 nitrogen and oxygen atoms in total. The van der Waals surface area contributed by atoms with Crippen molar-refractivity contribution in [2.24, 2.45) is 0 Å². The monoisotopic (exact) mass is 162 g/mol. The Morgan fingerprint density at radius 3 is 2.40 bits per heavy atom. The van der Waals surface area contributed by atoms with Crippen LogP contribution in [-0.2, 0) is 9.53 Å². The maximum atomic E-state index is 11.0. The van der Waals surface area contributed by atoms with Crippen molar-refractivity contribution in [2.45, 2.75) is 30.6 Å². The first-order valence-corrected chi connectivity index (χ1v) is 3.84. The van der Waals surface area contributed by atoms with Crippen LogP contribution >= 0.6 is 11.6 Å². The van der Waals surface area contributed by atoms with Gasteiger partial charge < -0.3 is 4.74 Å². The Labute approximate surface area is 65.5 Å². The molecule has 0 heterocycles. The third-order valence-electron chi connectivity index (χ3n) is 1.95. The molecule has 0 aromatic heterocycles. The van der Waals surface area contributed by atoms with Gasteiger partial charge in [0.15, 0.2) is 0 Å². The summed E-state index contributed by atoms with van der Waals surface area (Å²) in [7, 11) is 1.38. The van der Waals surface area contributed by atoms with E-state index in [9.17, 15) is 4.79 Å². The van der Waals surface area contributed by atoms with E-state index in [1.807, 2.05) is 0 Å². The van der Waals surface area contributed by atoms with Crippen LogP contribution in [0.2, 0.25) is 0 Å². The molecule has 0 aromatic carbocycles. The molecule has 1 fully saturated rings. The van der Waals surface area contributed by atoms with Crippen molar-refractivity contribution in [3.8, 4) is 0 Å². The predicted octanol–water partition coefficient (Wildman–Crippen LogP) is 1.71. The van der Waals surface area contributed by atoms with Gasteiger partial charge in [0.25, 0.3) is 0 Å². The van der Waals surface area contributed by atoms with E-state index >= 15 is 0 Å². The van der Waals surface area contributed by atoms with Crippen LogP contribution in [0.25, 0.3) is 0 Å². The number of alkyl halides is 1. The molecule has 0 unspecified atom stereocenters. The summed E-state index contributed by atoms with van der Waals surface area (Å²) in [6, 6.07) is 0. The van der Waals surface area contributed by atoms with E-state index in [1.165, 1.54) is 7.11 Å². The molecule has 0 bridgehead atoms. The van der Waals surface area contributed by atoms with Gasteiger partial charge in [0.05, 0.1) is 7.11 Å². The first-order valence-electron chi connectivity index (χ1n) is 3.46. The lowest BCUT2D eigenvalue weighted by Gasteiger charge is -2.16. The molecule has 3 heteroatoms. The predicted molar refractivity (Wildman–Crippen MR) is 39.1 cm³/mol. The van der Waals surface area contributed by atoms with Crippen molar-refractivity contribution in [1.82, 2.24) is 0 Å². The Morgan fingerprint density at radius 1 is 1.50 bits per heavy atom. The minimum absolute atomic E-state index is 0.272. The number of carbonyl (C=O) groups is 1. The lowest BCUT2D eigenvalue weighted by Crippen LogP contribution is -2.29. The SMILES string of the molecule is COC(=O)C1(Cl)CCCC1. The van der Waals surface area contributed by atoms with E-state index in [0.717, 1.165) is 25.7 Å². The molecule has 0 atom stereocenters. The molecule has 1 aliphatic rings. The van der Waals surface area contributed by atoms with Crippen molar-refractivity contribution in [3.63, 3.8) is 0 Å². The summed E-state index contributed by atoms with van der Waals surface area (Å²) < 4.78 is 4.57. The third kappa shape index (κ3) is 1.26. The van der Waals surface area contributed by atoms with Gasteiger partial charge in [-0.25, -0.2) is 0 Å². The van der Waals surface area contributed by atoms with Crippen LogP contribution < -0.4 is 0 Å². The van der Waals surface area contributed by atoms with Crippen molar-refractivity contribution in [1.29, 1.82) is 0 Å². The zero-order valence-electron chi connectivity index (χ0n) is 6.02. The van der Waals surface area contributed by atoms with Gasteiger partial charge in [-0.2, -0.15) is 0 Å². The standard InChI is InChI=1S/C7H11ClO2/c1-10-6(9)7(8)4-2-3-5-7/h2-5H2,1H3. The number of carbonyl (C=O) groups excluding carboxylic acids is 1. The van der Waals surface area contributed by atoms with Crippen LogP contribution in [0.4, 0.5) is 0 Å². The minimum Gasteiger partial charge on any atom is -0.468 e. The summed E-state index contributed by atoms with van der Waals surface area (Å²) in [4.78, 5) is 10.3. The maximum Gasteiger partial charge on any atom is 0.326 e. The highest BCUT2D eigenvalue weighted by Gasteiger charge is 2.39. The molecule has 1 aliphatic carbocycles. The van der Waals surface area contributed by atoms with Crippen LogP contribution in [0, 0.1) is 0 Å². The molecule has 0 amide bonds. The Morgan fingerprint density at radius 2 is 2.00 bits per heavy atom. The van der Waals surface area contributed by atoms with Gasteiger partial charge in [-0.3, -0.25) is 4.79 Å². The fourth-order valence-corrected chi connectivity index (χ4v) is 1.67. The highest BCUT2D eigenvalue weighted by atomic mass is 35.5. The summed E-state index contributed by atoms with van der Waals surface area (Å²) in [5.41, 5.74) is 0. The molecule has 0 spiro atoms. The fourth-order valence-electron chi connectivity index (χ4n) is 1.32. The first-order chi connectivity index (χ1) is 4.69. The van der Waals surface area contributed by atoms with Gasteiger partial charge in [0.1, 0.15) is 4.87 Å². The molecule has 1 saturated carbocycles. The molecule has 10 heavy (non-hydrogen) atoms. The van der Waals surface area contributed by atoms with Gasteiger partial charge in [-0.1, -0.05) is 12.8 Å². The molecule has 0 radical (unpaired) electrons. The number of hydrogen-bond donors (Lipinski definition) is 0. The van der Waals surface area contributed by atoms with Crippen molar-refractivity contribution in [2.75, 3.05) is 7.11 Å². The second-order valence-corrected chi connectivity index (χ2v) is 3.39. The molecular formula is C7H11ClO2. The van der Waals surface area contributed by atoms with Crippen molar-refractivity contribution >= 4 is 17.6 Å². The van der Waals surface area contributed by atoms with E-state index in [0.29, 0.717) is 0 Å². The number of esters is 1. The average molecular weight is 163 g/mol. The van der Waals surface area contributed by atoms with E-state index in [4.69, 9.17) is 11.6 Å². The Hall–Kier alpha value is -0.240. The average Bonchev–Trinajstić information content (AvgIpc) is 2.36. The molecular weight excluding hydrogens is 152 g/mol. The molecule has 1 rings (SSSR count). The summed E-state index contributed by atoms with van der Waals surface area (Å²) in [5.74, 6) is -0.272. The summed E-state index contributed by atoms with van der Waals surface area (Å²) >= 11 is 5.95.